The molecule has 0 fully saturated rings. The predicted octanol–water partition coefficient (Wildman–Crippen LogP) is 0.690. The van der Waals surface area contributed by atoms with E-state index in [9.17, 15) is 9.59 Å². The summed E-state index contributed by atoms with van der Waals surface area (Å²) in [6.07, 6.45) is 3.21. The number of imidazole rings is 1. The van der Waals surface area contributed by atoms with E-state index in [1.807, 2.05) is 31.2 Å². The minimum absolute atomic E-state index is 0.0180. The van der Waals surface area contributed by atoms with Crippen molar-refractivity contribution in [1.29, 1.82) is 0 Å². The molecule has 0 bridgehead atoms. The molecular weight excluding hydrogens is 270 g/mol. The third-order valence-electron chi connectivity index (χ3n) is 3.01. The fourth-order valence-electron chi connectivity index (χ4n) is 1.91. The monoisotopic (exact) mass is 289 g/mol. The van der Waals surface area contributed by atoms with Crippen LogP contribution in [0.2, 0.25) is 0 Å². The Kier molecular flexibility index (Phi) is 4.81. The van der Waals surface area contributed by atoms with E-state index in [0.717, 1.165) is 11.3 Å². The first-order valence-electron chi connectivity index (χ1n) is 6.74. The molecule has 1 amide bonds. The standard InChI is InChI=1S/C15H19N3O3/c1-12-4-3-5-13(10-12)21-9-6-16-14(19)11-18-8-7-17(2)15(18)20/h3-5,7-8,10H,6,9,11H2,1-2H3,(H,16,19). The molecule has 0 aliphatic rings. The molecule has 0 aliphatic carbocycles. The molecule has 2 rings (SSSR count). The van der Waals surface area contributed by atoms with E-state index in [4.69, 9.17) is 4.74 Å². The van der Waals surface area contributed by atoms with Gasteiger partial charge in [-0.2, -0.15) is 0 Å². The number of rotatable bonds is 6. The molecule has 0 saturated heterocycles. The molecule has 21 heavy (non-hydrogen) atoms. The van der Waals surface area contributed by atoms with Gasteiger partial charge in [0.05, 0.1) is 6.54 Å². The van der Waals surface area contributed by atoms with Gasteiger partial charge >= 0.3 is 5.69 Å². The van der Waals surface area contributed by atoms with Gasteiger partial charge in [0, 0.05) is 19.4 Å². The first kappa shape index (κ1) is 14.9. The van der Waals surface area contributed by atoms with Crippen molar-refractivity contribution < 1.29 is 9.53 Å². The van der Waals surface area contributed by atoms with Crippen LogP contribution in [0.15, 0.2) is 41.5 Å². The number of amides is 1. The quantitative estimate of drug-likeness (QED) is 0.796. The van der Waals surface area contributed by atoms with Crippen molar-refractivity contribution in [2.24, 2.45) is 7.05 Å². The van der Waals surface area contributed by atoms with E-state index in [-0.39, 0.29) is 18.1 Å². The Labute approximate surface area is 123 Å². The average molecular weight is 289 g/mol. The van der Waals surface area contributed by atoms with E-state index >= 15 is 0 Å². The maximum Gasteiger partial charge on any atom is 0.328 e. The summed E-state index contributed by atoms with van der Waals surface area (Å²) in [7, 11) is 1.65. The van der Waals surface area contributed by atoms with Gasteiger partial charge < -0.3 is 14.6 Å². The first-order chi connectivity index (χ1) is 10.1. The van der Waals surface area contributed by atoms with Crippen LogP contribution in [0.3, 0.4) is 0 Å². The third kappa shape index (κ3) is 4.24. The number of aryl methyl sites for hydroxylation is 2. The lowest BCUT2D eigenvalue weighted by atomic mass is 10.2. The van der Waals surface area contributed by atoms with Crippen LogP contribution >= 0.6 is 0 Å². The summed E-state index contributed by atoms with van der Waals surface area (Å²) in [5, 5.41) is 2.72. The van der Waals surface area contributed by atoms with Gasteiger partial charge in [0.15, 0.2) is 0 Å². The van der Waals surface area contributed by atoms with Crippen molar-refractivity contribution in [1.82, 2.24) is 14.5 Å². The minimum Gasteiger partial charge on any atom is -0.492 e. The Morgan fingerprint density at radius 2 is 2.14 bits per heavy atom. The van der Waals surface area contributed by atoms with Crippen LogP contribution in [-0.4, -0.2) is 28.2 Å². The minimum atomic E-state index is -0.212. The number of nitrogens with one attached hydrogen (secondary N) is 1. The maximum atomic E-state index is 11.7. The zero-order valence-electron chi connectivity index (χ0n) is 12.2. The average Bonchev–Trinajstić information content (AvgIpc) is 2.76. The summed E-state index contributed by atoms with van der Waals surface area (Å²) in [5.41, 5.74) is 0.918. The van der Waals surface area contributed by atoms with E-state index < -0.39 is 0 Å². The van der Waals surface area contributed by atoms with E-state index in [2.05, 4.69) is 5.32 Å². The highest BCUT2D eigenvalue weighted by Gasteiger charge is 2.05. The lowest BCUT2D eigenvalue weighted by Gasteiger charge is -2.08. The van der Waals surface area contributed by atoms with Gasteiger partial charge in [0.2, 0.25) is 5.91 Å². The molecule has 1 aromatic carbocycles. The highest BCUT2D eigenvalue weighted by molar-refractivity contribution is 5.75. The predicted molar refractivity (Wildman–Crippen MR) is 79.4 cm³/mol. The zero-order chi connectivity index (χ0) is 15.2. The lowest BCUT2D eigenvalue weighted by molar-refractivity contribution is -0.121. The van der Waals surface area contributed by atoms with Crippen LogP contribution in [-0.2, 0) is 18.4 Å². The van der Waals surface area contributed by atoms with Crippen LogP contribution in [0.25, 0.3) is 0 Å². The molecule has 0 spiro atoms. The normalized spacial score (nSPS) is 10.4. The summed E-state index contributed by atoms with van der Waals surface area (Å²) in [6.45, 7) is 2.80. The summed E-state index contributed by atoms with van der Waals surface area (Å²) < 4.78 is 8.31. The second-order valence-electron chi connectivity index (χ2n) is 4.83. The number of ether oxygens (including phenoxy) is 1. The van der Waals surface area contributed by atoms with Crippen LogP contribution in [0.1, 0.15) is 5.56 Å². The Morgan fingerprint density at radius 1 is 1.33 bits per heavy atom. The van der Waals surface area contributed by atoms with Gasteiger partial charge in [0.1, 0.15) is 18.9 Å². The zero-order valence-corrected chi connectivity index (χ0v) is 12.2. The van der Waals surface area contributed by atoms with E-state index in [1.165, 1.54) is 9.13 Å². The fraction of sp³-hybridized carbons (Fsp3) is 0.333. The van der Waals surface area contributed by atoms with Crippen molar-refractivity contribution in [2.75, 3.05) is 13.2 Å². The molecule has 1 aromatic heterocycles. The first-order valence-corrected chi connectivity index (χ1v) is 6.74. The number of aromatic nitrogens is 2. The summed E-state index contributed by atoms with van der Waals surface area (Å²) in [6, 6.07) is 7.72. The van der Waals surface area contributed by atoms with Crippen molar-refractivity contribution in [3.8, 4) is 5.75 Å². The van der Waals surface area contributed by atoms with Crippen LogP contribution < -0.4 is 15.7 Å². The Morgan fingerprint density at radius 3 is 2.81 bits per heavy atom. The second-order valence-corrected chi connectivity index (χ2v) is 4.83. The molecule has 0 aliphatic heterocycles. The molecule has 2 aromatic rings. The third-order valence-corrected chi connectivity index (χ3v) is 3.01. The molecule has 0 saturated carbocycles. The number of benzene rings is 1. The highest BCUT2D eigenvalue weighted by atomic mass is 16.5. The number of nitrogens with zero attached hydrogens (tertiary/aromatic N) is 2. The Balaban J connectivity index is 1.72. The molecule has 6 nitrogen and oxygen atoms in total. The molecule has 0 atom stereocenters. The molecule has 6 heteroatoms. The topological polar surface area (TPSA) is 65.3 Å². The van der Waals surface area contributed by atoms with Crippen LogP contribution in [0, 0.1) is 6.92 Å². The summed E-state index contributed by atoms with van der Waals surface area (Å²) in [5.74, 6) is 0.569. The maximum absolute atomic E-state index is 11.7. The SMILES string of the molecule is Cc1cccc(OCCNC(=O)Cn2ccn(C)c2=O)c1. The Hall–Kier alpha value is -2.50. The van der Waals surface area contributed by atoms with Crippen molar-refractivity contribution in [3.63, 3.8) is 0 Å². The highest BCUT2D eigenvalue weighted by Crippen LogP contribution is 2.11. The van der Waals surface area contributed by atoms with Gasteiger partial charge in [-0.3, -0.25) is 9.36 Å². The number of hydrogen-bond acceptors (Lipinski definition) is 3. The van der Waals surface area contributed by atoms with Crippen molar-refractivity contribution in [3.05, 3.63) is 52.7 Å². The number of carbonyl (C=O) groups is 1. The van der Waals surface area contributed by atoms with Crippen LogP contribution in [0.4, 0.5) is 0 Å². The fourth-order valence-corrected chi connectivity index (χ4v) is 1.91. The van der Waals surface area contributed by atoms with Gasteiger partial charge in [-0.1, -0.05) is 12.1 Å². The van der Waals surface area contributed by atoms with Gasteiger partial charge in [-0.25, -0.2) is 4.79 Å². The molecule has 112 valence electrons. The molecule has 1 heterocycles. The van der Waals surface area contributed by atoms with Gasteiger partial charge in [-0.15, -0.1) is 0 Å². The molecule has 1 N–H and O–H groups in total. The Bertz CT molecular complexity index is 673. The largest absolute Gasteiger partial charge is 0.492 e. The van der Waals surface area contributed by atoms with E-state index in [1.54, 1.807) is 19.4 Å². The molecule has 0 radical (unpaired) electrons. The summed E-state index contributed by atoms with van der Waals surface area (Å²) in [4.78, 5) is 23.3. The van der Waals surface area contributed by atoms with Gasteiger partial charge in [0.25, 0.3) is 0 Å². The smallest absolute Gasteiger partial charge is 0.328 e. The number of hydrogen-bond donors (Lipinski definition) is 1. The van der Waals surface area contributed by atoms with E-state index in [0.29, 0.717) is 13.2 Å². The van der Waals surface area contributed by atoms with Gasteiger partial charge in [-0.05, 0) is 24.6 Å². The number of carbonyl (C=O) groups excluding carboxylic acids is 1. The molecule has 0 unspecified atom stereocenters. The second kappa shape index (κ2) is 6.78. The van der Waals surface area contributed by atoms with Crippen molar-refractivity contribution >= 4 is 5.91 Å². The lowest BCUT2D eigenvalue weighted by Crippen LogP contribution is -2.34. The molecular formula is C15H19N3O3. The van der Waals surface area contributed by atoms with Crippen LogP contribution in [0.5, 0.6) is 5.75 Å². The summed E-state index contributed by atoms with van der Waals surface area (Å²) >= 11 is 0. The van der Waals surface area contributed by atoms with Crippen molar-refractivity contribution in [2.45, 2.75) is 13.5 Å².